The molecule has 0 amide bonds. The Kier molecular flexibility index (Phi) is 5.27. The molecule has 4 rings (SSSR count). The Morgan fingerprint density at radius 3 is 2.75 bits per heavy atom. The third kappa shape index (κ3) is 3.46. The summed E-state index contributed by atoms with van der Waals surface area (Å²) in [5.74, 6) is 0. The van der Waals surface area contributed by atoms with Crippen LogP contribution in [-0.2, 0) is 6.54 Å². The third-order valence-electron chi connectivity index (χ3n) is 5.78. The third-order valence-corrected chi connectivity index (χ3v) is 5.78. The number of benzene rings is 2. The summed E-state index contributed by atoms with van der Waals surface area (Å²) in [6, 6.07) is 14.7. The summed E-state index contributed by atoms with van der Waals surface area (Å²) in [4.78, 5) is 2.43. The smallest absolute Gasteiger partial charge is 0.113 e. The van der Waals surface area contributed by atoms with Gasteiger partial charge in [0.05, 0.1) is 28.5 Å². The van der Waals surface area contributed by atoms with Crippen molar-refractivity contribution < 1.29 is 0 Å². The predicted octanol–water partition coefficient (Wildman–Crippen LogP) is 4.10. The monoisotopic (exact) mass is 374 g/mol. The fourth-order valence-electron chi connectivity index (χ4n) is 4.30. The van der Waals surface area contributed by atoms with Gasteiger partial charge in [0.15, 0.2) is 0 Å². The number of hydrogen-bond donors (Lipinski definition) is 1. The van der Waals surface area contributed by atoms with Gasteiger partial charge in [-0.1, -0.05) is 36.6 Å². The zero-order valence-corrected chi connectivity index (χ0v) is 16.5. The van der Waals surface area contributed by atoms with Crippen LogP contribution in [-0.4, -0.2) is 40.0 Å². The molecule has 1 aliphatic carbocycles. The Morgan fingerprint density at radius 1 is 1.21 bits per heavy atom. The first kappa shape index (κ1) is 18.5. The van der Waals surface area contributed by atoms with E-state index in [0.717, 1.165) is 34.5 Å². The van der Waals surface area contributed by atoms with Crippen molar-refractivity contribution in [3.05, 3.63) is 47.5 Å². The maximum Gasteiger partial charge on any atom is 0.113 e. The van der Waals surface area contributed by atoms with Gasteiger partial charge in [0.25, 0.3) is 0 Å². The lowest BCUT2D eigenvalue weighted by molar-refractivity contribution is 0.185. The van der Waals surface area contributed by atoms with E-state index in [1.54, 1.807) is 0 Å². The molecular formula is C22H26N6. The van der Waals surface area contributed by atoms with Gasteiger partial charge in [0.1, 0.15) is 5.52 Å². The van der Waals surface area contributed by atoms with Crippen LogP contribution < -0.4 is 5.32 Å². The summed E-state index contributed by atoms with van der Waals surface area (Å²) in [5.41, 5.74) is 5.39. The van der Waals surface area contributed by atoms with Gasteiger partial charge < -0.3 is 5.32 Å². The van der Waals surface area contributed by atoms with E-state index in [0.29, 0.717) is 11.6 Å². The molecule has 1 fully saturated rings. The largest absolute Gasteiger partial charge is 0.386 e. The molecule has 2 aromatic carbocycles. The number of hydrogen-bond acceptors (Lipinski definition) is 5. The van der Waals surface area contributed by atoms with E-state index in [1.165, 1.54) is 32.1 Å². The molecule has 0 radical (unpaired) electrons. The lowest BCUT2D eigenvalue weighted by Gasteiger charge is -2.32. The molecule has 3 aromatic rings. The fourth-order valence-corrected chi connectivity index (χ4v) is 4.30. The molecular weight excluding hydrogens is 348 g/mol. The van der Waals surface area contributed by atoms with E-state index in [9.17, 15) is 5.26 Å². The van der Waals surface area contributed by atoms with Crippen molar-refractivity contribution in [1.29, 1.82) is 5.26 Å². The summed E-state index contributed by atoms with van der Waals surface area (Å²) in [5, 5.41) is 21.6. The lowest BCUT2D eigenvalue weighted by atomic mass is 9.94. The molecule has 0 atom stereocenters. The van der Waals surface area contributed by atoms with E-state index in [1.807, 2.05) is 48.1 Å². The summed E-state index contributed by atoms with van der Waals surface area (Å²) < 4.78 is 1.83. The molecule has 28 heavy (non-hydrogen) atoms. The molecule has 1 saturated carbocycles. The maximum absolute atomic E-state index is 9.61. The summed E-state index contributed by atoms with van der Waals surface area (Å²) in [6.07, 6.45) is 6.47. The second-order valence-electron chi connectivity index (χ2n) is 7.59. The van der Waals surface area contributed by atoms with Crippen LogP contribution in [0, 0.1) is 11.3 Å². The van der Waals surface area contributed by atoms with Crippen LogP contribution in [0.2, 0.25) is 0 Å². The second kappa shape index (κ2) is 7.99. The highest BCUT2D eigenvalue weighted by molar-refractivity contribution is 5.79. The average molecular weight is 374 g/mol. The Balaban J connectivity index is 1.77. The first-order chi connectivity index (χ1) is 13.7. The van der Waals surface area contributed by atoms with Crippen molar-refractivity contribution in [3.63, 3.8) is 0 Å². The second-order valence-corrected chi connectivity index (χ2v) is 7.59. The van der Waals surface area contributed by atoms with Crippen LogP contribution in [0.5, 0.6) is 0 Å². The molecule has 144 valence electrons. The van der Waals surface area contributed by atoms with Crippen LogP contribution in [0.1, 0.15) is 43.2 Å². The minimum Gasteiger partial charge on any atom is -0.386 e. The number of rotatable bonds is 5. The van der Waals surface area contributed by atoms with E-state index < -0.39 is 0 Å². The molecule has 1 aliphatic rings. The molecule has 0 aliphatic heterocycles. The lowest BCUT2D eigenvalue weighted by Crippen LogP contribution is -2.33. The number of nitrogens with zero attached hydrogens (tertiary/aromatic N) is 5. The van der Waals surface area contributed by atoms with Crippen molar-refractivity contribution >= 4 is 16.7 Å². The maximum atomic E-state index is 9.61. The highest BCUT2D eigenvalue weighted by atomic mass is 15.4. The van der Waals surface area contributed by atoms with Gasteiger partial charge in [-0.15, -0.1) is 5.10 Å². The van der Waals surface area contributed by atoms with Crippen molar-refractivity contribution in [2.75, 3.05) is 19.4 Å². The Morgan fingerprint density at radius 2 is 2.00 bits per heavy atom. The molecule has 0 bridgehead atoms. The number of aromatic nitrogens is 3. The standard InChI is InChI=1S/C22H26N6/c1-24-22-17(15-27(2)18-8-4-3-5-9-18)12-16(14-23)13-21(22)28-20-11-7-6-10-19(20)25-26-28/h6-7,10-13,18,24H,3-5,8-9,15H2,1-2H3. The van der Waals surface area contributed by atoms with Crippen molar-refractivity contribution in [2.45, 2.75) is 44.7 Å². The normalized spacial score (nSPS) is 15.1. The van der Waals surface area contributed by atoms with Crippen LogP contribution in [0.15, 0.2) is 36.4 Å². The fraction of sp³-hybridized carbons (Fsp3) is 0.409. The molecule has 1 heterocycles. The van der Waals surface area contributed by atoms with Crippen LogP contribution >= 0.6 is 0 Å². The molecule has 1 aromatic heterocycles. The molecule has 0 spiro atoms. The molecule has 0 saturated heterocycles. The van der Waals surface area contributed by atoms with Crippen LogP contribution in [0.25, 0.3) is 16.7 Å². The van der Waals surface area contributed by atoms with Crippen LogP contribution in [0.4, 0.5) is 5.69 Å². The predicted molar refractivity (Wildman–Crippen MR) is 111 cm³/mol. The number of nitriles is 1. The first-order valence-corrected chi connectivity index (χ1v) is 9.97. The highest BCUT2D eigenvalue weighted by Crippen LogP contribution is 2.31. The molecule has 6 heteroatoms. The zero-order valence-electron chi connectivity index (χ0n) is 16.5. The number of fused-ring (bicyclic) bond motifs is 1. The first-order valence-electron chi connectivity index (χ1n) is 9.97. The van der Waals surface area contributed by atoms with E-state index in [-0.39, 0.29) is 0 Å². The average Bonchev–Trinajstić information content (AvgIpc) is 3.17. The quantitative estimate of drug-likeness (QED) is 0.728. The van der Waals surface area contributed by atoms with Crippen molar-refractivity contribution in [1.82, 2.24) is 19.9 Å². The van der Waals surface area contributed by atoms with E-state index >= 15 is 0 Å². The zero-order chi connectivity index (χ0) is 19.5. The van der Waals surface area contributed by atoms with Gasteiger partial charge in [0.2, 0.25) is 0 Å². The highest BCUT2D eigenvalue weighted by Gasteiger charge is 2.21. The molecule has 0 unspecified atom stereocenters. The number of para-hydroxylation sites is 1. The SMILES string of the molecule is CNc1c(CN(C)C2CCCCC2)cc(C#N)cc1-n1nnc2ccccc21. The van der Waals surface area contributed by atoms with Crippen molar-refractivity contribution in [3.8, 4) is 11.8 Å². The summed E-state index contributed by atoms with van der Waals surface area (Å²) in [6.45, 7) is 0.802. The number of nitrogens with one attached hydrogen (secondary N) is 1. The Labute approximate surface area is 165 Å². The van der Waals surface area contributed by atoms with Gasteiger partial charge >= 0.3 is 0 Å². The van der Waals surface area contributed by atoms with Gasteiger partial charge in [-0.25, -0.2) is 4.68 Å². The Hall–Kier alpha value is -2.91. The Bertz CT molecular complexity index is 1010. The van der Waals surface area contributed by atoms with Crippen LogP contribution in [0.3, 0.4) is 0 Å². The van der Waals surface area contributed by atoms with Gasteiger partial charge in [-0.2, -0.15) is 5.26 Å². The van der Waals surface area contributed by atoms with Gasteiger partial charge in [-0.05, 0) is 49.7 Å². The number of anilines is 1. The van der Waals surface area contributed by atoms with Gasteiger partial charge in [0, 0.05) is 19.6 Å². The van der Waals surface area contributed by atoms with Crippen molar-refractivity contribution in [2.24, 2.45) is 0 Å². The minimum atomic E-state index is 0.611. The van der Waals surface area contributed by atoms with Gasteiger partial charge in [-0.3, -0.25) is 4.90 Å². The summed E-state index contributed by atoms with van der Waals surface area (Å²) >= 11 is 0. The minimum absolute atomic E-state index is 0.611. The van der Waals surface area contributed by atoms with E-state index in [4.69, 9.17) is 0 Å². The topological polar surface area (TPSA) is 69.8 Å². The summed E-state index contributed by atoms with van der Waals surface area (Å²) in [7, 11) is 4.12. The van der Waals surface area contributed by atoms with E-state index in [2.05, 4.69) is 33.6 Å². The molecule has 1 N–H and O–H groups in total. The molecule has 6 nitrogen and oxygen atoms in total.